The molecule has 0 radical (unpaired) electrons. The summed E-state index contributed by atoms with van der Waals surface area (Å²) in [4.78, 5) is 26.5. The number of carbonyl (C=O) groups excluding carboxylic acids is 2. The number of pyridine rings is 1. The molecule has 2 rings (SSSR count). The number of benzene rings is 1. The van der Waals surface area contributed by atoms with Crippen molar-refractivity contribution in [3.63, 3.8) is 0 Å². The fourth-order valence-electron chi connectivity index (χ4n) is 2.09. The number of aliphatic hydroxyl groups is 1. The van der Waals surface area contributed by atoms with Crippen molar-refractivity contribution in [2.24, 2.45) is 5.73 Å². The monoisotopic (exact) mass is 326 g/mol. The molecule has 2 aromatic rings. The fraction of sp³-hybridized carbons (Fsp3) is 0.167. The van der Waals surface area contributed by atoms with E-state index in [1.165, 1.54) is 12.2 Å². The molecule has 0 aliphatic heterocycles. The average molecular weight is 326 g/mol. The Morgan fingerprint density at radius 3 is 2.58 bits per heavy atom. The average Bonchev–Trinajstić information content (AvgIpc) is 2.60. The number of hydrogen-bond acceptors (Lipinski definition) is 5. The summed E-state index contributed by atoms with van der Waals surface area (Å²) in [6.07, 6.45) is 3.46. The number of rotatable bonds is 6. The molecule has 6 nitrogen and oxygen atoms in total. The van der Waals surface area contributed by atoms with Crippen molar-refractivity contribution in [3.8, 4) is 0 Å². The summed E-state index contributed by atoms with van der Waals surface area (Å²) < 4.78 is 4.80. The van der Waals surface area contributed by atoms with E-state index in [2.05, 4.69) is 4.98 Å². The Hall–Kier alpha value is -2.99. The fourth-order valence-corrected chi connectivity index (χ4v) is 2.09. The number of primary amides is 1. The highest BCUT2D eigenvalue weighted by molar-refractivity contribution is 5.92. The SMILES string of the molecule is CCOC(=O)/C=C/c1cc([C@H](O)c2ccc(C(N)=O)cc2)ccn1. The standard InChI is InChI=1S/C18H18N2O4/c1-2-24-16(21)8-7-15-11-14(9-10-20-15)17(22)12-3-5-13(6-4-12)18(19)23/h3-11,17,22H,2H2,1H3,(H2,19,23)/b8-7+/t17-/m1/s1. The highest BCUT2D eigenvalue weighted by Crippen LogP contribution is 2.22. The molecule has 124 valence electrons. The number of nitrogens with two attached hydrogens (primary N) is 1. The minimum Gasteiger partial charge on any atom is -0.463 e. The summed E-state index contributed by atoms with van der Waals surface area (Å²) in [6.45, 7) is 2.03. The quantitative estimate of drug-likeness (QED) is 0.623. The predicted octanol–water partition coefficient (Wildman–Crippen LogP) is 1.84. The Bertz CT molecular complexity index is 754. The van der Waals surface area contributed by atoms with Crippen molar-refractivity contribution in [3.05, 3.63) is 71.1 Å². The largest absolute Gasteiger partial charge is 0.463 e. The van der Waals surface area contributed by atoms with Gasteiger partial charge in [-0.05, 0) is 48.4 Å². The maximum atomic E-state index is 11.3. The van der Waals surface area contributed by atoms with Crippen molar-refractivity contribution in [2.75, 3.05) is 6.61 Å². The lowest BCUT2D eigenvalue weighted by Gasteiger charge is -2.12. The normalized spacial score (nSPS) is 12.1. The van der Waals surface area contributed by atoms with Crippen LogP contribution in [0.1, 0.15) is 40.2 Å². The van der Waals surface area contributed by atoms with Gasteiger partial charge in [0.15, 0.2) is 0 Å². The van der Waals surface area contributed by atoms with Crippen LogP contribution >= 0.6 is 0 Å². The number of aliphatic hydroxyl groups excluding tert-OH is 1. The molecular formula is C18H18N2O4. The summed E-state index contributed by atoms with van der Waals surface area (Å²) in [5.74, 6) is -0.973. The smallest absolute Gasteiger partial charge is 0.330 e. The van der Waals surface area contributed by atoms with Gasteiger partial charge < -0.3 is 15.6 Å². The molecule has 0 unspecified atom stereocenters. The maximum absolute atomic E-state index is 11.3. The van der Waals surface area contributed by atoms with Gasteiger partial charge in [0.05, 0.1) is 12.3 Å². The topological polar surface area (TPSA) is 103 Å². The Labute approximate surface area is 139 Å². The second-order valence-electron chi connectivity index (χ2n) is 4.99. The lowest BCUT2D eigenvalue weighted by molar-refractivity contribution is -0.137. The van der Waals surface area contributed by atoms with Gasteiger partial charge in [0, 0.05) is 17.8 Å². The molecule has 0 saturated heterocycles. The van der Waals surface area contributed by atoms with Gasteiger partial charge in [-0.2, -0.15) is 0 Å². The van der Waals surface area contributed by atoms with Gasteiger partial charge >= 0.3 is 5.97 Å². The Balaban J connectivity index is 2.18. The summed E-state index contributed by atoms with van der Waals surface area (Å²) in [5.41, 5.74) is 7.32. The van der Waals surface area contributed by atoms with Crippen LogP contribution in [-0.2, 0) is 9.53 Å². The van der Waals surface area contributed by atoms with Crippen LogP contribution in [0.4, 0.5) is 0 Å². The van der Waals surface area contributed by atoms with Crippen LogP contribution in [0.5, 0.6) is 0 Å². The molecule has 0 saturated carbocycles. The van der Waals surface area contributed by atoms with Gasteiger partial charge in [0.1, 0.15) is 6.10 Å². The highest BCUT2D eigenvalue weighted by atomic mass is 16.5. The molecule has 0 aliphatic carbocycles. The molecular weight excluding hydrogens is 308 g/mol. The van der Waals surface area contributed by atoms with Crippen LogP contribution in [-0.4, -0.2) is 28.6 Å². The first kappa shape index (κ1) is 17.4. The molecule has 1 aromatic heterocycles. The van der Waals surface area contributed by atoms with E-state index in [-0.39, 0.29) is 0 Å². The second kappa shape index (κ2) is 8.03. The first-order valence-electron chi connectivity index (χ1n) is 7.40. The molecule has 24 heavy (non-hydrogen) atoms. The van der Waals surface area contributed by atoms with Crippen molar-refractivity contribution < 1.29 is 19.4 Å². The molecule has 1 heterocycles. The Morgan fingerprint density at radius 2 is 1.96 bits per heavy atom. The van der Waals surface area contributed by atoms with Gasteiger partial charge in [-0.3, -0.25) is 9.78 Å². The molecule has 0 spiro atoms. The number of aromatic nitrogens is 1. The molecule has 0 bridgehead atoms. The number of amides is 1. The molecule has 0 fully saturated rings. The molecule has 0 aliphatic rings. The highest BCUT2D eigenvalue weighted by Gasteiger charge is 2.11. The van der Waals surface area contributed by atoms with Crippen LogP contribution in [0, 0.1) is 0 Å². The van der Waals surface area contributed by atoms with Gasteiger partial charge in [0.2, 0.25) is 5.91 Å². The van der Waals surface area contributed by atoms with Gasteiger partial charge in [-0.25, -0.2) is 4.79 Å². The third kappa shape index (κ3) is 4.50. The number of nitrogens with zero attached hydrogens (tertiary/aromatic N) is 1. The first-order chi connectivity index (χ1) is 11.5. The third-order valence-corrected chi connectivity index (χ3v) is 3.31. The van der Waals surface area contributed by atoms with E-state index in [1.807, 2.05) is 0 Å². The van der Waals surface area contributed by atoms with Crippen LogP contribution in [0.15, 0.2) is 48.7 Å². The van der Waals surface area contributed by atoms with Crippen LogP contribution < -0.4 is 5.73 Å². The van der Waals surface area contributed by atoms with Gasteiger partial charge in [-0.15, -0.1) is 0 Å². The van der Waals surface area contributed by atoms with Crippen LogP contribution in [0.2, 0.25) is 0 Å². The summed E-state index contributed by atoms with van der Waals surface area (Å²) in [7, 11) is 0. The zero-order chi connectivity index (χ0) is 17.5. The number of ether oxygens (including phenoxy) is 1. The molecule has 1 amide bonds. The third-order valence-electron chi connectivity index (χ3n) is 3.31. The predicted molar refractivity (Wildman–Crippen MR) is 88.9 cm³/mol. The van der Waals surface area contributed by atoms with Crippen molar-refractivity contribution >= 4 is 18.0 Å². The van der Waals surface area contributed by atoms with E-state index in [0.29, 0.717) is 29.0 Å². The van der Waals surface area contributed by atoms with Crippen LogP contribution in [0.3, 0.4) is 0 Å². The van der Waals surface area contributed by atoms with E-state index < -0.39 is 18.0 Å². The minimum absolute atomic E-state index is 0.302. The lowest BCUT2D eigenvalue weighted by Crippen LogP contribution is -2.11. The zero-order valence-corrected chi connectivity index (χ0v) is 13.2. The number of esters is 1. The van der Waals surface area contributed by atoms with E-state index in [0.717, 1.165) is 0 Å². The first-order valence-corrected chi connectivity index (χ1v) is 7.40. The van der Waals surface area contributed by atoms with Crippen molar-refractivity contribution in [1.82, 2.24) is 4.98 Å². The minimum atomic E-state index is -0.885. The summed E-state index contributed by atoms with van der Waals surface area (Å²) in [6, 6.07) is 9.74. The van der Waals surface area contributed by atoms with Gasteiger partial charge in [0.25, 0.3) is 0 Å². The van der Waals surface area contributed by atoms with Crippen LogP contribution in [0.25, 0.3) is 6.08 Å². The van der Waals surface area contributed by atoms with E-state index >= 15 is 0 Å². The van der Waals surface area contributed by atoms with Crippen molar-refractivity contribution in [2.45, 2.75) is 13.0 Å². The van der Waals surface area contributed by atoms with Crippen molar-refractivity contribution in [1.29, 1.82) is 0 Å². The second-order valence-corrected chi connectivity index (χ2v) is 4.99. The number of hydrogen-bond donors (Lipinski definition) is 2. The molecule has 6 heteroatoms. The molecule has 1 aromatic carbocycles. The van der Waals surface area contributed by atoms with Gasteiger partial charge in [-0.1, -0.05) is 12.1 Å². The summed E-state index contributed by atoms with van der Waals surface area (Å²) in [5, 5.41) is 10.4. The van der Waals surface area contributed by atoms with E-state index in [4.69, 9.17) is 10.5 Å². The zero-order valence-electron chi connectivity index (χ0n) is 13.2. The molecule has 1 atom stereocenters. The van der Waals surface area contributed by atoms with E-state index in [9.17, 15) is 14.7 Å². The lowest BCUT2D eigenvalue weighted by atomic mass is 10.0. The number of carbonyl (C=O) groups is 2. The Morgan fingerprint density at radius 1 is 1.25 bits per heavy atom. The Kier molecular flexibility index (Phi) is 5.81. The molecule has 3 N–H and O–H groups in total. The maximum Gasteiger partial charge on any atom is 0.330 e. The van der Waals surface area contributed by atoms with E-state index in [1.54, 1.807) is 49.5 Å². The summed E-state index contributed by atoms with van der Waals surface area (Å²) >= 11 is 0.